The second-order valence-electron chi connectivity index (χ2n) is 2.83. The average molecular weight is 198 g/mol. The van der Waals surface area contributed by atoms with Gasteiger partial charge in [-0.1, -0.05) is 5.16 Å². The maximum atomic E-state index is 11.3. The fourth-order valence-electron chi connectivity index (χ4n) is 0.866. The van der Waals surface area contributed by atoms with Crippen molar-refractivity contribution in [2.45, 2.75) is 19.9 Å². The first-order chi connectivity index (χ1) is 6.69. The number of amides is 1. The van der Waals surface area contributed by atoms with Crippen LogP contribution < -0.4 is 10.6 Å². The lowest BCUT2D eigenvalue weighted by molar-refractivity contribution is 0.0942. The summed E-state index contributed by atoms with van der Waals surface area (Å²) in [5, 5.41) is 9.09. The van der Waals surface area contributed by atoms with E-state index in [1.165, 1.54) is 0 Å². The maximum absolute atomic E-state index is 11.3. The molecule has 1 unspecified atom stereocenters. The Balaban J connectivity index is 2.72. The van der Waals surface area contributed by atoms with Crippen LogP contribution in [0.2, 0.25) is 0 Å². The summed E-state index contributed by atoms with van der Waals surface area (Å²) in [6.45, 7) is 4.24. The molecule has 1 aromatic heterocycles. The van der Waals surface area contributed by atoms with E-state index >= 15 is 0 Å². The number of hydrogen-bond donors (Lipinski definition) is 2. The molecule has 0 aromatic carbocycles. The van der Waals surface area contributed by atoms with E-state index in [0.29, 0.717) is 12.4 Å². The van der Waals surface area contributed by atoms with Gasteiger partial charge >= 0.3 is 0 Å². The molecule has 1 heterocycles. The minimum Gasteiger partial charge on any atom is -0.349 e. The summed E-state index contributed by atoms with van der Waals surface area (Å²) in [5.74, 6) is 0.170. The zero-order chi connectivity index (χ0) is 10.6. The molecule has 6 heteroatoms. The van der Waals surface area contributed by atoms with Crippen molar-refractivity contribution >= 4 is 5.91 Å². The molecular weight excluding hydrogens is 184 g/mol. The second kappa shape index (κ2) is 4.71. The lowest BCUT2D eigenvalue weighted by atomic mass is 10.3. The van der Waals surface area contributed by atoms with Crippen molar-refractivity contribution in [2.75, 3.05) is 13.6 Å². The lowest BCUT2D eigenvalue weighted by Gasteiger charge is -2.01. The van der Waals surface area contributed by atoms with E-state index in [9.17, 15) is 4.79 Å². The van der Waals surface area contributed by atoms with E-state index in [1.54, 1.807) is 7.05 Å². The number of carbonyl (C=O) groups is 1. The minimum atomic E-state index is -0.314. The van der Waals surface area contributed by atoms with Gasteiger partial charge < -0.3 is 15.2 Å². The van der Waals surface area contributed by atoms with Crippen LogP contribution in [-0.2, 0) is 0 Å². The van der Waals surface area contributed by atoms with Crippen LogP contribution in [0.3, 0.4) is 0 Å². The Morgan fingerprint density at radius 2 is 2.36 bits per heavy atom. The number of rotatable bonds is 4. The van der Waals surface area contributed by atoms with Gasteiger partial charge in [0.05, 0.1) is 6.04 Å². The molecule has 0 spiro atoms. The van der Waals surface area contributed by atoms with Crippen molar-refractivity contribution < 1.29 is 9.32 Å². The molecule has 1 amide bonds. The SMILES string of the molecule is CCNC(=O)c1noc(C(C)NC)n1. The van der Waals surface area contributed by atoms with Crippen molar-refractivity contribution in [1.82, 2.24) is 20.8 Å². The number of nitrogens with one attached hydrogen (secondary N) is 2. The predicted molar refractivity (Wildman–Crippen MR) is 49.8 cm³/mol. The summed E-state index contributed by atoms with van der Waals surface area (Å²) in [6.07, 6.45) is 0. The van der Waals surface area contributed by atoms with Crippen molar-refractivity contribution in [3.63, 3.8) is 0 Å². The smallest absolute Gasteiger partial charge is 0.292 e. The number of carbonyl (C=O) groups excluding carboxylic acids is 1. The fraction of sp³-hybridized carbons (Fsp3) is 0.625. The Morgan fingerprint density at radius 1 is 1.64 bits per heavy atom. The molecule has 0 radical (unpaired) electrons. The van der Waals surface area contributed by atoms with Gasteiger partial charge in [-0.25, -0.2) is 0 Å². The van der Waals surface area contributed by atoms with Gasteiger partial charge in [-0.2, -0.15) is 4.98 Å². The Labute approximate surface area is 82.1 Å². The number of aromatic nitrogens is 2. The monoisotopic (exact) mass is 198 g/mol. The van der Waals surface area contributed by atoms with Crippen LogP contribution in [-0.4, -0.2) is 29.6 Å². The third kappa shape index (κ3) is 2.29. The maximum Gasteiger partial charge on any atom is 0.292 e. The highest BCUT2D eigenvalue weighted by Gasteiger charge is 2.16. The van der Waals surface area contributed by atoms with Crippen LogP contribution in [0.1, 0.15) is 36.4 Å². The molecule has 14 heavy (non-hydrogen) atoms. The van der Waals surface area contributed by atoms with Gasteiger partial charge in [0.2, 0.25) is 5.89 Å². The molecule has 1 atom stereocenters. The third-order valence-corrected chi connectivity index (χ3v) is 1.79. The van der Waals surface area contributed by atoms with Gasteiger partial charge in [0.15, 0.2) is 0 Å². The molecule has 1 rings (SSSR count). The van der Waals surface area contributed by atoms with Crippen LogP contribution in [0.4, 0.5) is 0 Å². The highest BCUT2D eigenvalue weighted by atomic mass is 16.5. The summed E-state index contributed by atoms with van der Waals surface area (Å²) in [6, 6.07) is -0.0503. The van der Waals surface area contributed by atoms with Gasteiger partial charge in [-0.3, -0.25) is 4.79 Å². The molecule has 0 fully saturated rings. The molecule has 0 saturated carbocycles. The third-order valence-electron chi connectivity index (χ3n) is 1.79. The summed E-state index contributed by atoms with van der Waals surface area (Å²) in [5.41, 5.74) is 0. The topological polar surface area (TPSA) is 80.0 Å². The van der Waals surface area contributed by atoms with Crippen molar-refractivity contribution in [3.05, 3.63) is 11.7 Å². The Kier molecular flexibility index (Phi) is 3.58. The number of nitrogens with zero attached hydrogens (tertiary/aromatic N) is 2. The zero-order valence-corrected chi connectivity index (χ0v) is 8.50. The van der Waals surface area contributed by atoms with E-state index in [0.717, 1.165) is 0 Å². The largest absolute Gasteiger partial charge is 0.349 e. The first-order valence-electron chi connectivity index (χ1n) is 4.48. The molecule has 78 valence electrons. The molecule has 2 N–H and O–H groups in total. The molecule has 0 saturated heterocycles. The van der Waals surface area contributed by atoms with E-state index in [4.69, 9.17) is 4.52 Å². The number of hydrogen-bond acceptors (Lipinski definition) is 5. The normalized spacial score (nSPS) is 12.5. The van der Waals surface area contributed by atoms with Crippen LogP contribution in [0.5, 0.6) is 0 Å². The van der Waals surface area contributed by atoms with Crippen LogP contribution in [0, 0.1) is 0 Å². The van der Waals surface area contributed by atoms with Gasteiger partial charge in [-0.15, -0.1) is 0 Å². The Hall–Kier alpha value is -1.43. The van der Waals surface area contributed by atoms with Crippen LogP contribution >= 0.6 is 0 Å². The van der Waals surface area contributed by atoms with Gasteiger partial charge in [-0.05, 0) is 20.9 Å². The predicted octanol–water partition coefficient (Wildman–Crippen LogP) is 0.0997. The van der Waals surface area contributed by atoms with E-state index in [2.05, 4.69) is 20.8 Å². The van der Waals surface area contributed by atoms with Crippen molar-refractivity contribution in [1.29, 1.82) is 0 Å². The molecule has 0 aliphatic rings. The van der Waals surface area contributed by atoms with Crippen molar-refractivity contribution in [2.24, 2.45) is 0 Å². The summed E-state index contributed by atoms with van der Waals surface area (Å²) in [4.78, 5) is 15.2. The highest BCUT2D eigenvalue weighted by molar-refractivity contribution is 5.90. The van der Waals surface area contributed by atoms with Gasteiger partial charge in [0.1, 0.15) is 0 Å². The summed E-state index contributed by atoms with van der Waals surface area (Å²) < 4.78 is 4.90. The summed E-state index contributed by atoms with van der Waals surface area (Å²) >= 11 is 0. The first kappa shape index (κ1) is 10.6. The average Bonchev–Trinajstić information content (AvgIpc) is 2.66. The quantitative estimate of drug-likeness (QED) is 0.717. The van der Waals surface area contributed by atoms with Crippen molar-refractivity contribution in [3.8, 4) is 0 Å². The highest BCUT2D eigenvalue weighted by Crippen LogP contribution is 2.07. The van der Waals surface area contributed by atoms with Gasteiger partial charge in [0.25, 0.3) is 11.7 Å². The molecule has 0 bridgehead atoms. The molecular formula is C8H14N4O2. The zero-order valence-electron chi connectivity index (χ0n) is 8.50. The molecule has 6 nitrogen and oxygen atoms in total. The van der Waals surface area contributed by atoms with Crippen LogP contribution in [0.25, 0.3) is 0 Å². The Bertz CT molecular complexity index is 310. The van der Waals surface area contributed by atoms with E-state index in [-0.39, 0.29) is 17.8 Å². The Morgan fingerprint density at radius 3 is 2.93 bits per heavy atom. The van der Waals surface area contributed by atoms with Gasteiger partial charge in [0, 0.05) is 6.54 Å². The molecule has 1 aromatic rings. The fourth-order valence-corrected chi connectivity index (χ4v) is 0.866. The molecule has 0 aliphatic heterocycles. The minimum absolute atomic E-state index is 0.0503. The van der Waals surface area contributed by atoms with E-state index < -0.39 is 0 Å². The van der Waals surface area contributed by atoms with Crippen LogP contribution in [0.15, 0.2) is 4.52 Å². The molecule has 0 aliphatic carbocycles. The standard InChI is InChI=1S/C8H14N4O2/c1-4-10-7(13)6-11-8(14-12-6)5(2)9-3/h5,9H,4H2,1-3H3,(H,10,13). The summed E-state index contributed by atoms with van der Waals surface area (Å²) in [7, 11) is 1.78. The van der Waals surface area contributed by atoms with E-state index in [1.807, 2.05) is 13.8 Å². The first-order valence-corrected chi connectivity index (χ1v) is 4.48. The lowest BCUT2D eigenvalue weighted by Crippen LogP contribution is -2.24. The second-order valence-corrected chi connectivity index (χ2v) is 2.83.